The number of nitrogen functional groups attached to an aromatic ring is 1. The van der Waals surface area contributed by atoms with Crippen molar-refractivity contribution in [1.29, 1.82) is 0 Å². The lowest BCUT2D eigenvalue weighted by molar-refractivity contribution is 0.501. The molecule has 0 amide bonds. The Morgan fingerprint density at radius 3 is 2.33 bits per heavy atom. The summed E-state index contributed by atoms with van der Waals surface area (Å²) in [5, 5.41) is 0. The summed E-state index contributed by atoms with van der Waals surface area (Å²) in [6, 6.07) is 0.503. The molecule has 0 aromatic carbocycles. The van der Waals surface area contributed by atoms with Crippen molar-refractivity contribution in [3.8, 4) is 0 Å². The van der Waals surface area contributed by atoms with E-state index in [4.69, 9.17) is 5.84 Å². The van der Waals surface area contributed by atoms with Crippen molar-refractivity contribution >= 4 is 11.6 Å². The van der Waals surface area contributed by atoms with Gasteiger partial charge in [0.2, 0.25) is 0 Å². The predicted molar refractivity (Wildman–Crippen MR) is 90.4 cm³/mol. The van der Waals surface area contributed by atoms with Gasteiger partial charge in [-0.05, 0) is 25.2 Å². The number of nitrogens with zero attached hydrogens (tertiary/aromatic N) is 3. The van der Waals surface area contributed by atoms with Gasteiger partial charge in [0.05, 0.1) is 0 Å². The molecule has 5 heteroatoms. The van der Waals surface area contributed by atoms with Crippen molar-refractivity contribution in [3.63, 3.8) is 0 Å². The molecule has 1 heterocycles. The minimum atomic E-state index is 0.503. The van der Waals surface area contributed by atoms with Crippen LogP contribution in [0.4, 0.5) is 11.6 Å². The molecular formula is C16H31N5. The second kappa shape index (κ2) is 8.82. The van der Waals surface area contributed by atoms with Gasteiger partial charge < -0.3 is 10.3 Å². The van der Waals surface area contributed by atoms with Crippen LogP contribution in [0.1, 0.15) is 59.4 Å². The maximum absolute atomic E-state index is 5.63. The molecule has 0 fully saturated rings. The second-order valence-electron chi connectivity index (χ2n) is 5.94. The van der Waals surface area contributed by atoms with Crippen LogP contribution < -0.4 is 16.2 Å². The SMILES string of the molecule is CCCc1c(NN)ncnc1N(CC(C)C)C(CC)CC. The number of rotatable bonds is 9. The van der Waals surface area contributed by atoms with Gasteiger partial charge in [0.25, 0.3) is 0 Å². The van der Waals surface area contributed by atoms with Crippen LogP contribution in [0.15, 0.2) is 6.33 Å². The van der Waals surface area contributed by atoms with Crippen LogP contribution in [0.3, 0.4) is 0 Å². The standard InChI is InChI=1S/C16H31N5/c1-6-9-14-15(20-17)18-11-19-16(14)21(10-12(4)5)13(7-2)8-3/h11-13H,6-10,17H2,1-5H3,(H,18,19,20). The third-order valence-corrected chi connectivity index (χ3v) is 3.78. The number of hydrogen-bond acceptors (Lipinski definition) is 5. The molecule has 0 aliphatic rings. The summed E-state index contributed by atoms with van der Waals surface area (Å²) >= 11 is 0. The van der Waals surface area contributed by atoms with Crippen molar-refractivity contribution in [2.24, 2.45) is 11.8 Å². The van der Waals surface area contributed by atoms with Crippen LogP contribution in [-0.4, -0.2) is 22.6 Å². The largest absolute Gasteiger partial charge is 0.353 e. The van der Waals surface area contributed by atoms with E-state index >= 15 is 0 Å². The third-order valence-electron chi connectivity index (χ3n) is 3.78. The van der Waals surface area contributed by atoms with Gasteiger partial charge in [0, 0.05) is 18.2 Å². The molecule has 120 valence electrons. The molecule has 1 rings (SSSR count). The number of hydrogen-bond donors (Lipinski definition) is 2. The topological polar surface area (TPSA) is 67.1 Å². The lowest BCUT2D eigenvalue weighted by Gasteiger charge is -2.34. The van der Waals surface area contributed by atoms with Gasteiger partial charge in [-0.25, -0.2) is 15.8 Å². The molecule has 21 heavy (non-hydrogen) atoms. The Labute approximate surface area is 129 Å². The summed E-state index contributed by atoms with van der Waals surface area (Å²) in [5.74, 6) is 8.02. The molecule has 0 atom stereocenters. The third kappa shape index (κ3) is 4.56. The summed E-state index contributed by atoms with van der Waals surface area (Å²) in [6.45, 7) is 12.1. The molecule has 0 saturated heterocycles. The lowest BCUT2D eigenvalue weighted by Crippen LogP contribution is -2.39. The molecule has 1 aromatic rings. The minimum absolute atomic E-state index is 0.503. The smallest absolute Gasteiger partial charge is 0.148 e. The monoisotopic (exact) mass is 293 g/mol. The van der Waals surface area contributed by atoms with E-state index in [-0.39, 0.29) is 0 Å². The lowest BCUT2D eigenvalue weighted by atomic mass is 10.0. The number of aromatic nitrogens is 2. The van der Waals surface area contributed by atoms with Crippen LogP contribution in [0.5, 0.6) is 0 Å². The Hall–Kier alpha value is -1.36. The van der Waals surface area contributed by atoms with Gasteiger partial charge in [0.15, 0.2) is 0 Å². The fourth-order valence-electron chi connectivity index (χ4n) is 2.79. The molecule has 0 unspecified atom stereocenters. The van der Waals surface area contributed by atoms with Gasteiger partial charge in [-0.2, -0.15) is 0 Å². The summed E-state index contributed by atoms with van der Waals surface area (Å²) < 4.78 is 0. The summed E-state index contributed by atoms with van der Waals surface area (Å²) in [4.78, 5) is 11.3. The summed E-state index contributed by atoms with van der Waals surface area (Å²) in [5.41, 5.74) is 3.86. The van der Waals surface area contributed by atoms with E-state index in [0.29, 0.717) is 12.0 Å². The zero-order valence-corrected chi connectivity index (χ0v) is 14.2. The van der Waals surface area contributed by atoms with E-state index < -0.39 is 0 Å². The van der Waals surface area contributed by atoms with E-state index in [2.05, 4.69) is 54.9 Å². The Bertz CT molecular complexity index is 415. The fourth-order valence-corrected chi connectivity index (χ4v) is 2.79. The van der Waals surface area contributed by atoms with Crippen molar-refractivity contribution in [1.82, 2.24) is 9.97 Å². The molecule has 3 N–H and O–H groups in total. The maximum atomic E-state index is 5.63. The zero-order valence-electron chi connectivity index (χ0n) is 14.2. The molecule has 0 saturated carbocycles. The van der Waals surface area contributed by atoms with E-state index in [1.165, 1.54) is 0 Å². The Morgan fingerprint density at radius 2 is 1.86 bits per heavy atom. The Kier molecular flexibility index (Phi) is 7.43. The summed E-state index contributed by atoms with van der Waals surface area (Å²) in [6.07, 6.45) is 5.83. The van der Waals surface area contributed by atoms with E-state index in [1.807, 2.05) is 0 Å². The highest BCUT2D eigenvalue weighted by molar-refractivity contribution is 5.59. The minimum Gasteiger partial charge on any atom is -0.353 e. The first-order valence-electron chi connectivity index (χ1n) is 8.15. The van der Waals surface area contributed by atoms with Crippen LogP contribution in [0, 0.1) is 5.92 Å². The average molecular weight is 293 g/mol. The highest BCUT2D eigenvalue weighted by Gasteiger charge is 2.22. The van der Waals surface area contributed by atoms with Crippen molar-refractivity contribution in [2.45, 2.75) is 66.3 Å². The highest BCUT2D eigenvalue weighted by Crippen LogP contribution is 2.28. The van der Waals surface area contributed by atoms with E-state index in [1.54, 1.807) is 6.33 Å². The second-order valence-corrected chi connectivity index (χ2v) is 5.94. The van der Waals surface area contributed by atoms with Gasteiger partial charge in [0.1, 0.15) is 18.0 Å². The zero-order chi connectivity index (χ0) is 15.8. The predicted octanol–water partition coefficient (Wildman–Crippen LogP) is 3.37. The highest BCUT2D eigenvalue weighted by atomic mass is 15.3. The maximum Gasteiger partial charge on any atom is 0.148 e. The Balaban J connectivity index is 3.27. The van der Waals surface area contributed by atoms with Crippen molar-refractivity contribution in [2.75, 3.05) is 16.9 Å². The molecule has 1 aromatic heterocycles. The van der Waals surface area contributed by atoms with E-state index in [9.17, 15) is 0 Å². The first kappa shape index (κ1) is 17.7. The van der Waals surface area contributed by atoms with Crippen LogP contribution in [0.25, 0.3) is 0 Å². The van der Waals surface area contributed by atoms with Gasteiger partial charge in [-0.3, -0.25) is 0 Å². The average Bonchev–Trinajstić information content (AvgIpc) is 2.47. The van der Waals surface area contributed by atoms with Crippen LogP contribution >= 0.6 is 0 Å². The molecule has 0 bridgehead atoms. The van der Waals surface area contributed by atoms with Crippen molar-refractivity contribution in [3.05, 3.63) is 11.9 Å². The van der Waals surface area contributed by atoms with Crippen LogP contribution in [-0.2, 0) is 6.42 Å². The van der Waals surface area contributed by atoms with E-state index in [0.717, 1.165) is 49.4 Å². The Morgan fingerprint density at radius 1 is 1.19 bits per heavy atom. The fraction of sp³-hybridized carbons (Fsp3) is 0.750. The first-order chi connectivity index (χ1) is 10.1. The number of anilines is 2. The molecule has 0 spiro atoms. The van der Waals surface area contributed by atoms with Crippen LogP contribution in [0.2, 0.25) is 0 Å². The summed E-state index contributed by atoms with van der Waals surface area (Å²) in [7, 11) is 0. The number of nitrogens with two attached hydrogens (primary N) is 1. The first-order valence-corrected chi connectivity index (χ1v) is 8.15. The van der Waals surface area contributed by atoms with Gasteiger partial charge in [-0.15, -0.1) is 0 Å². The molecule has 0 aliphatic carbocycles. The van der Waals surface area contributed by atoms with Crippen molar-refractivity contribution < 1.29 is 0 Å². The molecule has 0 radical (unpaired) electrons. The number of hydrazine groups is 1. The van der Waals surface area contributed by atoms with Gasteiger partial charge >= 0.3 is 0 Å². The van der Waals surface area contributed by atoms with Gasteiger partial charge in [-0.1, -0.05) is 41.0 Å². The normalized spacial score (nSPS) is 11.2. The number of nitrogens with one attached hydrogen (secondary N) is 1. The molecule has 0 aliphatic heterocycles. The molecule has 5 nitrogen and oxygen atoms in total. The molecular weight excluding hydrogens is 262 g/mol. The quantitative estimate of drug-likeness (QED) is 0.540.